The minimum atomic E-state index is -0.245. The maximum atomic E-state index is 12.3. The summed E-state index contributed by atoms with van der Waals surface area (Å²) < 4.78 is 0. The molecule has 2 aromatic rings. The number of rotatable bonds is 6. The van der Waals surface area contributed by atoms with Gasteiger partial charge in [0, 0.05) is 24.3 Å². The van der Waals surface area contributed by atoms with Crippen molar-refractivity contribution in [2.75, 3.05) is 18.8 Å². The molecular weight excluding hydrogens is 366 g/mol. The number of benzene rings is 2. The summed E-state index contributed by atoms with van der Waals surface area (Å²) in [6, 6.07) is 12.1. The third-order valence-electron chi connectivity index (χ3n) is 4.48. The first-order chi connectivity index (χ1) is 12.5. The Morgan fingerprint density at radius 3 is 2.30 bits per heavy atom. The summed E-state index contributed by atoms with van der Waals surface area (Å²) in [5, 5.41) is 2.85. The van der Waals surface area contributed by atoms with Crippen molar-refractivity contribution in [2.45, 2.75) is 19.8 Å². The molecule has 1 aliphatic rings. The van der Waals surface area contributed by atoms with Gasteiger partial charge in [0.25, 0.3) is 17.7 Å². The molecule has 0 fully saturated rings. The van der Waals surface area contributed by atoms with Crippen molar-refractivity contribution in [2.24, 2.45) is 0 Å². The van der Waals surface area contributed by atoms with Crippen LogP contribution in [-0.4, -0.2) is 35.7 Å². The van der Waals surface area contributed by atoms with Crippen LogP contribution >= 0.6 is 12.4 Å². The summed E-state index contributed by atoms with van der Waals surface area (Å²) in [6.45, 7) is 2.67. The van der Waals surface area contributed by atoms with Gasteiger partial charge < -0.3 is 11.1 Å². The van der Waals surface area contributed by atoms with Gasteiger partial charge in [-0.2, -0.15) is 0 Å². The van der Waals surface area contributed by atoms with E-state index in [4.69, 9.17) is 5.73 Å². The molecule has 0 radical (unpaired) electrons. The average molecular weight is 388 g/mol. The topological polar surface area (TPSA) is 92.5 Å². The first kappa shape index (κ1) is 20.5. The van der Waals surface area contributed by atoms with Crippen molar-refractivity contribution in [3.05, 3.63) is 64.7 Å². The van der Waals surface area contributed by atoms with Crippen LogP contribution in [-0.2, 0) is 0 Å². The lowest BCUT2D eigenvalue weighted by Gasteiger charge is -2.14. The van der Waals surface area contributed by atoms with Crippen LogP contribution in [0.2, 0.25) is 0 Å². The number of fused-ring (bicyclic) bond motifs is 1. The van der Waals surface area contributed by atoms with Crippen molar-refractivity contribution < 1.29 is 14.4 Å². The van der Waals surface area contributed by atoms with E-state index in [-0.39, 0.29) is 30.1 Å². The molecule has 0 unspecified atom stereocenters. The van der Waals surface area contributed by atoms with Crippen LogP contribution in [0.1, 0.15) is 49.5 Å². The first-order valence-electron chi connectivity index (χ1n) is 8.58. The molecule has 1 aliphatic heterocycles. The van der Waals surface area contributed by atoms with Crippen LogP contribution in [0.25, 0.3) is 0 Å². The zero-order valence-corrected chi connectivity index (χ0v) is 15.8. The molecule has 3 N–H and O–H groups in total. The molecule has 27 heavy (non-hydrogen) atoms. The van der Waals surface area contributed by atoms with Gasteiger partial charge in [-0.25, -0.2) is 0 Å². The number of unbranched alkanes of at least 4 members (excludes halogenated alkanes) is 1. The van der Waals surface area contributed by atoms with Gasteiger partial charge in [-0.05, 0) is 49.6 Å². The second-order valence-corrected chi connectivity index (χ2v) is 6.34. The number of carbonyl (C=O) groups is 3. The van der Waals surface area contributed by atoms with E-state index < -0.39 is 0 Å². The number of carbonyl (C=O) groups excluding carboxylic acids is 3. The number of nitrogens with zero attached hydrogens (tertiary/aromatic N) is 1. The van der Waals surface area contributed by atoms with E-state index in [0.29, 0.717) is 48.3 Å². The molecule has 0 aromatic heterocycles. The molecule has 7 heteroatoms. The average Bonchev–Trinajstić information content (AvgIpc) is 2.88. The van der Waals surface area contributed by atoms with Crippen LogP contribution in [0.4, 0.5) is 5.69 Å². The Morgan fingerprint density at radius 1 is 1.04 bits per heavy atom. The van der Waals surface area contributed by atoms with Gasteiger partial charge in [-0.1, -0.05) is 18.2 Å². The number of imide groups is 1. The normalized spacial score (nSPS) is 12.6. The van der Waals surface area contributed by atoms with Crippen LogP contribution < -0.4 is 11.1 Å². The fourth-order valence-corrected chi connectivity index (χ4v) is 3.02. The molecule has 2 aromatic carbocycles. The maximum absolute atomic E-state index is 12.3. The summed E-state index contributed by atoms with van der Waals surface area (Å²) in [5.74, 6) is -0.662. The van der Waals surface area contributed by atoms with Gasteiger partial charge in [0.15, 0.2) is 0 Å². The smallest absolute Gasteiger partial charge is 0.261 e. The van der Waals surface area contributed by atoms with E-state index in [1.807, 2.05) is 13.0 Å². The highest BCUT2D eigenvalue weighted by Crippen LogP contribution is 2.22. The highest BCUT2D eigenvalue weighted by molar-refractivity contribution is 6.21. The Hall–Kier alpha value is -2.86. The molecule has 0 aliphatic carbocycles. The highest BCUT2D eigenvalue weighted by Gasteiger charge is 2.34. The molecular formula is C20H22ClN3O3. The van der Waals surface area contributed by atoms with Crippen molar-refractivity contribution in [3.8, 4) is 0 Å². The molecule has 0 saturated heterocycles. The Kier molecular flexibility index (Phi) is 6.58. The second kappa shape index (κ2) is 8.68. The van der Waals surface area contributed by atoms with E-state index in [1.165, 1.54) is 4.90 Å². The van der Waals surface area contributed by atoms with E-state index in [2.05, 4.69) is 5.32 Å². The van der Waals surface area contributed by atoms with E-state index in [9.17, 15) is 14.4 Å². The van der Waals surface area contributed by atoms with E-state index in [1.54, 1.807) is 36.4 Å². The Labute approximate surface area is 164 Å². The van der Waals surface area contributed by atoms with Gasteiger partial charge in [0.05, 0.1) is 11.1 Å². The summed E-state index contributed by atoms with van der Waals surface area (Å²) in [5.41, 5.74) is 8.62. The van der Waals surface area contributed by atoms with Crippen LogP contribution in [0.3, 0.4) is 0 Å². The lowest BCUT2D eigenvalue weighted by atomic mass is 10.1. The fraction of sp³-hybridized carbons (Fsp3) is 0.250. The number of aryl methyl sites for hydroxylation is 1. The summed E-state index contributed by atoms with van der Waals surface area (Å²) in [7, 11) is 0. The number of nitrogens with two attached hydrogens (primary N) is 1. The molecule has 6 nitrogen and oxygen atoms in total. The third-order valence-corrected chi connectivity index (χ3v) is 4.48. The zero-order chi connectivity index (χ0) is 18.7. The molecule has 1 heterocycles. The molecule has 0 spiro atoms. The van der Waals surface area contributed by atoms with Crippen LogP contribution in [0.15, 0.2) is 42.5 Å². The Bertz CT molecular complexity index is 848. The lowest BCUT2D eigenvalue weighted by Crippen LogP contribution is -2.31. The minimum absolute atomic E-state index is 0. The number of nitrogen functional groups attached to an aromatic ring is 1. The standard InChI is InChI=1S/C20H21N3O3.ClH/c1-13-8-9-14(21)12-17(13)18(24)22-10-4-5-11-23-19(25)15-6-2-3-7-16(15)20(23)26;/h2-3,6-9,12H,4-5,10-11,21H2,1H3,(H,22,24);1H. The maximum Gasteiger partial charge on any atom is 0.261 e. The predicted octanol–water partition coefficient (Wildman–Crippen LogP) is 2.81. The predicted molar refractivity (Wildman–Crippen MR) is 106 cm³/mol. The summed E-state index contributed by atoms with van der Waals surface area (Å²) in [6.07, 6.45) is 1.29. The van der Waals surface area contributed by atoms with E-state index >= 15 is 0 Å². The quantitative estimate of drug-likeness (QED) is 0.453. The van der Waals surface area contributed by atoms with Crippen LogP contribution in [0.5, 0.6) is 0 Å². The molecule has 3 amide bonds. The Balaban J connectivity index is 0.00000261. The van der Waals surface area contributed by atoms with Crippen molar-refractivity contribution >= 4 is 35.8 Å². The van der Waals surface area contributed by atoms with Gasteiger partial charge in [0.1, 0.15) is 0 Å². The second-order valence-electron chi connectivity index (χ2n) is 6.34. The van der Waals surface area contributed by atoms with Gasteiger partial charge >= 0.3 is 0 Å². The van der Waals surface area contributed by atoms with Crippen LogP contribution in [0, 0.1) is 6.92 Å². The molecule has 0 atom stereocenters. The molecule has 0 saturated carbocycles. The third kappa shape index (κ3) is 4.28. The monoisotopic (exact) mass is 387 g/mol. The van der Waals surface area contributed by atoms with Gasteiger partial charge in [-0.15, -0.1) is 12.4 Å². The fourth-order valence-electron chi connectivity index (χ4n) is 3.02. The number of nitrogens with one attached hydrogen (secondary N) is 1. The lowest BCUT2D eigenvalue weighted by molar-refractivity contribution is 0.0650. The molecule has 0 bridgehead atoms. The molecule has 142 valence electrons. The minimum Gasteiger partial charge on any atom is -0.399 e. The largest absolute Gasteiger partial charge is 0.399 e. The number of hydrogen-bond donors (Lipinski definition) is 2. The summed E-state index contributed by atoms with van der Waals surface area (Å²) >= 11 is 0. The summed E-state index contributed by atoms with van der Waals surface area (Å²) in [4.78, 5) is 38.0. The number of hydrogen-bond acceptors (Lipinski definition) is 4. The number of halogens is 1. The van der Waals surface area contributed by atoms with Gasteiger partial charge in [0.2, 0.25) is 0 Å². The van der Waals surface area contributed by atoms with Crippen molar-refractivity contribution in [1.82, 2.24) is 10.2 Å². The highest BCUT2D eigenvalue weighted by atomic mass is 35.5. The van der Waals surface area contributed by atoms with Gasteiger partial charge in [-0.3, -0.25) is 19.3 Å². The van der Waals surface area contributed by atoms with E-state index in [0.717, 1.165) is 5.56 Å². The SMILES string of the molecule is Cc1ccc(N)cc1C(=O)NCCCCN1C(=O)c2ccccc2C1=O.Cl. The number of amides is 3. The Morgan fingerprint density at radius 2 is 1.67 bits per heavy atom. The zero-order valence-electron chi connectivity index (χ0n) is 15.0. The van der Waals surface area contributed by atoms with Crippen molar-refractivity contribution in [3.63, 3.8) is 0 Å². The molecule has 3 rings (SSSR count). The first-order valence-corrected chi connectivity index (χ1v) is 8.58. The van der Waals surface area contributed by atoms with Crippen molar-refractivity contribution in [1.29, 1.82) is 0 Å². The number of anilines is 1.